The average molecular weight is 247 g/mol. The monoisotopic (exact) mass is 247 g/mol. The van der Waals surface area contributed by atoms with Gasteiger partial charge in [-0.15, -0.1) is 0 Å². The number of rotatable bonds is 4. The quantitative estimate of drug-likeness (QED) is 0.608. The summed E-state index contributed by atoms with van der Waals surface area (Å²) in [6, 6.07) is 0. The Bertz CT molecular complexity index is 478. The van der Waals surface area contributed by atoms with Gasteiger partial charge in [-0.1, -0.05) is 0 Å². The number of nitrogen functional groups attached to an aromatic ring is 1. The number of carboxylic acid groups (broad SMARTS) is 1. The van der Waals surface area contributed by atoms with Crippen LogP contribution in [-0.2, 0) is 11.2 Å². The SMILES string of the molecule is Nc1c(CC(=O)O)cnc([N+](=O)[O-])c1C(F)F. The molecule has 0 aliphatic rings. The Kier molecular flexibility index (Phi) is 3.51. The molecule has 0 spiro atoms. The van der Waals surface area contributed by atoms with Crippen LogP contribution in [0.5, 0.6) is 0 Å². The number of carboxylic acids is 1. The van der Waals surface area contributed by atoms with Crippen LogP contribution in [0.1, 0.15) is 17.6 Å². The lowest BCUT2D eigenvalue weighted by Crippen LogP contribution is -2.10. The van der Waals surface area contributed by atoms with Gasteiger partial charge in [-0.25, -0.2) is 8.78 Å². The molecule has 0 saturated carbocycles. The van der Waals surface area contributed by atoms with Gasteiger partial charge < -0.3 is 21.0 Å². The van der Waals surface area contributed by atoms with E-state index < -0.39 is 40.8 Å². The minimum Gasteiger partial charge on any atom is -0.481 e. The van der Waals surface area contributed by atoms with Crippen LogP contribution in [0.15, 0.2) is 6.20 Å². The fourth-order valence-electron chi connectivity index (χ4n) is 1.24. The van der Waals surface area contributed by atoms with E-state index in [2.05, 4.69) is 4.98 Å². The molecular weight excluding hydrogens is 240 g/mol. The number of nitro groups is 1. The Balaban J connectivity index is 3.38. The Labute approximate surface area is 93.0 Å². The maximum absolute atomic E-state index is 12.6. The molecule has 0 unspecified atom stereocenters. The number of carbonyl (C=O) groups is 1. The third-order valence-electron chi connectivity index (χ3n) is 1.95. The number of hydrogen-bond donors (Lipinski definition) is 2. The molecule has 0 aromatic carbocycles. The van der Waals surface area contributed by atoms with E-state index >= 15 is 0 Å². The summed E-state index contributed by atoms with van der Waals surface area (Å²) in [5, 5.41) is 18.9. The van der Waals surface area contributed by atoms with Crippen molar-refractivity contribution < 1.29 is 23.6 Å². The zero-order valence-electron chi connectivity index (χ0n) is 8.26. The van der Waals surface area contributed by atoms with E-state index in [1.165, 1.54) is 0 Å². The average Bonchev–Trinajstić information content (AvgIpc) is 2.19. The van der Waals surface area contributed by atoms with E-state index in [9.17, 15) is 23.7 Å². The molecule has 0 fully saturated rings. The van der Waals surface area contributed by atoms with Crippen LogP contribution in [0.25, 0.3) is 0 Å². The van der Waals surface area contributed by atoms with E-state index in [1.807, 2.05) is 0 Å². The zero-order chi connectivity index (χ0) is 13.2. The first kappa shape index (κ1) is 12.7. The van der Waals surface area contributed by atoms with Gasteiger partial charge >= 0.3 is 11.8 Å². The van der Waals surface area contributed by atoms with Gasteiger partial charge in [0.15, 0.2) is 0 Å². The molecule has 0 bridgehead atoms. The molecule has 1 aromatic heterocycles. The molecule has 0 aliphatic carbocycles. The van der Waals surface area contributed by atoms with Crippen molar-refractivity contribution in [2.24, 2.45) is 0 Å². The van der Waals surface area contributed by atoms with E-state index in [0.29, 0.717) is 0 Å². The number of anilines is 1. The Morgan fingerprint density at radius 3 is 2.65 bits per heavy atom. The second-order valence-corrected chi connectivity index (χ2v) is 3.06. The number of halogens is 2. The molecule has 1 heterocycles. The summed E-state index contributed by atoms with van der Waals surface area (Å²) in [5.41, 5.74) is 3.45. The van der Waals surface area contributed by atoms with Gasteiger partial charge in [0.05, 0.1) is 12.1 Å². The van der Waals surface area contributed by atoms with Crippen LogP contribution in [0.4, 0.5) is 20.3 Å². The molecular formula is C8H7F2N3O4. The van der Waals surface area contributed by atoms with Crippen molar-refractivity contribution in [3.8, 4) is 0 Å². The number of nitrogens with zero attached hydrogens (tertiary/aromatic N) is 2. The highest BCUT2D eigenvalue weighted by atomic mass is 19.3. The molecule has 0 amide bonds. The smallest absolute Gasteiger partial charge is 0.374 e. The molecule has 9 heteroatoms. The predicted molar refractivity (Wildman–Crippen MR) is 51.6 cm³/mol. The van der Waals surface area contributed by atoms with Crippen molar-refractivity contribution in [2.45, 2.75) is 12.8 Å². The fraction of sp³-hybridized carbons (Fsp3) is 0.250. The van der Waals surface area contributed by atoms with E-state index in [-0.39, 0.29) is 5.56 Å². The maximum atomic E-state index is 12.6. The molecule has 0 radical (unpaired) electrons. The second kappa shape index (κ2) is 4.68. The fourth-order valence-corrected chi connectivity index (χ4v) is 1.24. The number of hydrogen-bond acceptors (Lipinski definition) is 5. The van der Waals surface area contributed by atoms with Gasteiger partial charge in [0.25, 0.3) is 6.43 Å². The van der Waals surface area contributed by atoms with E-state index in [0.717, 1.165) is 6.20 Å². The van der Waals surface area contributed by atoms with E-state index in [1.54, 1.807) is 0 Å². The Morgan fingerprint density at radius 2 is 2.24 bits per heavy atom. The Hall–Kier alpha value is -2.32. The zero-order valence-corrected chi connectivity index (χ0v) is 8.26. The third-order valence-corrected chi connectivity index (χ3v) is 1.95. The predicted octanol–water partition coefficient (Wildman–Crippen LogP) is 1.14. The molecule has 92 valence electrons. The highest BCUT2D eigenvalue weighted by Crippen LogP contribution is 2.34. The van der Waals surface area contributed by atoms with Crippen LogP contribution in [0, 0.1) is 10.1 Å². The van der Waals surface area contributed by atoms with Crippen molar-refractivity contribution in [1.29, 1.82) is 0 Å². The Morgan fingerprint density at radius 1 is 1.65 bits per heavy atom. The number of aromatic nitrogens is 1. The van der Waals surface area contributed by atoms with Gasteiger partial charge in [0, 0.05) is 5.56 Å². The molecule has 7 nitrogen and oxygen atoms in total. The summed E-state index contributed by atoms with van der Waals surface area (Å²) in [7, 11) is 0. The van der Waals surface area contributed by atoms with Crippen LogP contribution in [-0.4, -0.2) is 21.0 Å². The largest absolute Gasteiger partial charge is 0.481 e. The number of alkyl halides is 2. The highest BCUT2D eigenvalue weighted by Gasteiger charge is 2.28. The van der Waals surface area contributed by atoms with Crippen molar-refractivity contribution in [3.05, 3.63) is 27.4 Å². The first-order valence-electron chi connectivity index (χ1n) is 4.26. The van der Waals surface area contributed by atoms with Crippen LogP contribution in [0.3, 0.4) is 0 Å². The summed E-state index contributed by atoms with van der Waals surface area (Å²) in [5.74, 6) is -2.36. The lowest BCUT2D eigenvalue weighted by Gasteiger charge is -2.07. The van der Waals surface area contributed by atoms with Crippen molar-refractivity contribution in [2.75, 3.05) is 5.73 Å². The lowest BCUT2D eigenvalue weighted by atomic mass is 10.1. The molecule has 17 heavy (non-hydrogen) atoms. The number of nitrogens with two attached hydrogens (primary N) is 1. The third kappa shape index (κ3) is 2.62. The standard InChI is InChI=1S/C8H7F2N3O4/c9-7(10)5-6(11)3(1-4(14)15)2-12-8(5)13(16)17/h2,7H,1H2,(H2,11,12)(H,14,15). The molecule has 3 N–H and O–H groups in total. The molecule has 1 rings (SSSR count). The first-order valence-corrected chi connectivity index (χ1v) is 4.26. The van der Waals surface area contributed by atoms with Crippen LogP contribution >= 0.6 is 0 Å². The minimum absolute atomic E-state index is 0.182. The van der Waals surface area contributed by atoms with Gasteiger partial charge in [-0.3, -0.25) is 4.79 Å². The topological polar surface area (TPSA) is 119 Å². The normalized spacial score (nSPS) is 10.5. The van der Waals surface area contributed by atoms with Gasteiger partial charge in [-0.05, 0) is 9.91 Å². The van der Waals surface area contributed by atoms with Crippen molar-refractivity contribution in [3.63, 3.8) is 0 Å². The summed E-state index contributed by atoms with van der Waals surface area (Å²) in [6.07, 6.45) is -3.01. The van der Waals surface area contributed by atoms with Gasteiger partial charge in [-0.2, -0.15) is 0 Å². The summed E-state index contributed by atoms with van der Waals surface area (Å²) in [6.45, 7) is 0. The summed E-state index contributed by atoms with van der Waals surface area (Å²) >= 11 is 0. The lowest BCUT2D eigenvalue weighted by molar-refractivity contribution is -0.391. The van der Waals surface area contributed by atoms with Crippen LogP contribution in [0.2, 0.25) is 0 Å². The molecule has 0 saturated heterocycles. The molecule has 0 atom stereocenters. The van der Waals surface area contributed by atoms with Crippen LogP contribution < -0.4 is 5.73 Å². The van der Waals surface area contributed by atoms with Gasteiger partial charge in [0.1, 0.15) is 11.8 Å². The number of aliphatic carboxylic acids is 1. The minimum atomic E-state index is -3.20. The second-order valence-electron chi connectivity index (χ2n) is 3.06. The van der Waals surface area contributed by atoms with Gasteiger partial charge in [0.2, 0.25) is 0 Å². The molecule has 0 aliphatic heterocycles. The number of pyridine rings is 1. The first-order chi connectivity index (χ1) is 7.84. The summed E-state index contributed by atoms with van der Waals surface area (Å²) < 4.78 is 25.2. The summed E-state index contributed by atoms with van der Waals surface area (Å²) in [4.78, 5) is 23.0. The van der Waals surface area contributed by atoms with Crippen molar-refractivity contribution in [1.82, 2.24) is 4.98 Å². The molecule has 1 aromatic rings. The van der Waals surface area contributed by atoms with E-state index in [4.69, 9.17) is 10.8 Å². The maximum Gasteiger partial charge on any atom is 0.374 e. The highest BCUT2D eigenvalue weighted by molar-refractivity contribution is 5.74. The van der Waals surface area contributed by atoms with Crippen molar-refractivity contribution >= 4 is 17.5 Å².